The number of aromatic amines is 1. The molecule has 1 aromatic carbocycles. The molecule has 5 nitrogen and oxygen atoms in total. The van der Waals surface area contributed by atoms with E-state index in [9.17, 15) is 17.6 Å². The van der Waals surface area contributed by atoms with Crippen LogP contribution in [0, 0.1) is 5.82 Å². The molecule has 2 heterocycles. The number of fused-ring (bicyclic) bond motifs is 1. The fraction of sp³-hybridized carbons (Fsp3) is 0.0833. The Hall–Kier alpha value is -2.42. The lowest BCUT2D eigenvalue weighted by molar-refractivity contribution is -0.144. The van der Waals surface area contributed by atoms with Crippen molar-refractivity contribution in [3.05, 3.63) is 41.2 Å². The van der Waals surface area contributed by atoms with Crippen molar-refractivity contribution in [1.82, 2.24) is 19.9 Å². The third kappa shape index (κ3) is 2.67. The first kappa shape index (κ1) is 14.5. The van der Waals surface area contributed by atoms with E-state index in [-0.39, 0.29) is 22.0 Å². The van der Waals surface area contributed by atoms with Gasteiger partial charge in [0.15, 0.2) is 11.5 Å². The molecule has 0 fully saturated rings. The second-order valence-corrected chi connectivity index (χ2v) is 4.67. The molecule has 0 saturated heterocycles. The van der Waals surface area contributed by atoms with Crippen LogP contribution in [0.4, 0.5) is 29.1 Å². The fourth-order valence-corrected chi connectivity index (χ4v) is 1.95. The van der Waals surface area contributed by atoms with Crippen molar-refractivity contribution in [2.75, 3.05) is 5.32 Å². The molecule has 0 spiro atoms. The zero-order chi connectivity index (χ0) is 15.9. The number of rotatable bonds is 2. The van der Waals surface area contributed by atoms with Gasteiger partial charge in [0.05, 0.1) is 5.02 Å². The van der Waals surface area contributed by atoms with Gasteiger partial charge in [-0.15, -0.1) is 0 Å². The molecule has 3 aromatic rings. The summed E-state index contributed by atoms with van der Waals surface area (Å²) in [5.74, 6) is -1.72. The minimum Gasteiger partial charge on any atom is -0.338 e. The van der Waals surface area contributed by atoms with Crippen LogP contribution in [0.5, 0.6) is 0 Å². The molecule has 2 aromatic heterocycles. The van der Waals surface area contributed by atoms with Gasteiger partial charge in [0, 0.05) is 5.69 Å². The van der Waals surface area contributed by atoms with Crippen molar-refractivity contribution in [1.29, 1.82) is 0 Å². The maximum Gasteiger partial charge on any atom is 0.449 e. The van der Waals surface area contributed by atoms with E-state index in [0.29, 0.717) is 5.69 Å². The van der Waals surface area contributed by atoms with Crippen molar-refractivity contribution < 1.29 is 17.6 Å². The number of hydrogen-bond donors (Lipinski definition) is 2. The average molecular weight is 332 g/mol. The Morgan fingerprint density at radius 2 is 1.95 bits per heavy atom. The molecule has 0 unspecified atom stereocenters. The number of imidazole rings is 1. The minimum atomic E-state index is -4.63. The molecule has 3 rings (SSSR count). The first-order valence-corrected chi connectivity index (χ1v) is 6.22. The number of H-pyrrole nitrogens is 1. The van der Waals surface area contributed by atoms with Crippen LogP contribution < -0.4 is 5.32 Å². The number of nitrogens with one attached hydrogen (secondary N) is 2. The fourth-order valence-electron chi connectivity index (χ4n) is 1.77. The van der Waals surface area contributed by atoms with Gasteiger partial charge in [-0.1, -0.05) is 11.6 Å². The molecular formula is C12H6ClF4N5. The maximum absolute atomic E-state index is 13.1. The third-order valence-corrected chi connectivity index (χ3v) is 3.03. The zero-order valence-electron chi connectivity index (χ0n) is 10.5. The number of alkyl halides is 3. The van der Waals surface area contributed by atoms with Crippen LogP contribution in [0.25, 0.3) is 11.2 Å². The molecular weight excluding hydrogens is 326 g/mol. The maximum atomic E-state index is 13.1. The van der Waals surface area contributed by atoms with Gasteiger partial charge in [0.2, 0.25) is 5.82 Å². The van der Waals surface area contributed by atoms with Gasteiger partial charge in [-0.3, -0.25) is 0 Å². The Kier molecular flexibility index (Phi) is 3.36. The van der Waals surface area contributed by atoms with E-state index in [4.69, 9.17) is 11.6 Å². The van der Waals surface area contributed by atoms with E-state index in [1.54, 1.807) is 0 Å². The summed E-state index contributed by atoms with van der Waals surface area (Å²) in [7, 11) is 0. The molecule has 2 N–H and O–H groups in total. The van der Waals surface area contributed by atoms with Crippen LogP contribution in [0.2, 0.25) is 5.02 Å². The van der Waals surface area contributed by atoms with E-state index in [1.807, 2.05) is 0 Å². The summed E-state index contributed by atoms with van der Waals surface area (Å²) in [6, 6.07) is 3.78. The van der Waals surface area contributed by atoms with E-state index in [2.05, 4.69) is 25.3 Å². The summed E-state index contributed by atoms with van der Waals surface area (Å²) in [6.07, 6.45) is -3.56. The molecule has 114 valence electrons. The largest absolute Gasteiger partial charge is 0.449 e. The van der Waals surface area contributed by atoms with E-state index >= 15 is 0 Å². The van der Waals surface area contributed by atoms with Crippen molar-refractivity contribution in [2.24, 2.45) is 0 Å². The average Bonchev–Trinajstić information content (AvgIpc) is 2.88. The Morgan fingerprint density at radius 3 is 2.64 bits per heavy atom. The lowest BCUT2D eigenvalue weighted by Gasteiger charge is -2.06. The summed E-state index contributed by atoms with van der Waals surface area (Å²) in [5.41, 5.74) is 0.197. The highest BCUT2D eigenvalue weighted by atomic mass is 35.5. The lowest BCUT2D eigenvalue weighted by atomic mass is 10.3. The molecule has 0 aliphatic heterocycles. The lowest BCUT2D eigenvalue weighted by Crippen LogP contribution is -2.07. The second kappa shape index (κ2) is 5.09. The molecule has 0 bridgehead atoms. The van der Waals surface area contributed by atoms with Gasteiger partial charge >= 0.3 is 6.18 Å². The minimum absolute atomic E-state index is 0.0183. The number of anilines is 2. The number of halogens is 5. The quantitative estimate of drug-likeness (QED) is 0.699. The van der Waals surface area contributed by atoms with Crippen LogP contribution in [0.1, 0.15) is 5.82 Å². The second-order valence-electron chi connectivity index (χ2n) is 4.26. The molecule has 0 aliphatic carbocycles. The summed E-state index contributed by atoms with van der Waals surface area (Å²) < 4.78 is 51.1. The van der Waals surface area contributed by atoms with E-state index < -0.39 is 17.8 Å². The Morgan fingerprint density at radius 1 is 1.18 bits per heavy atom. The Balaban J connectivity index is 2.03. The van der Waals surface area contributed by atoms with Gasteiger partial charge in [-0.05, 0) is 18.2 Å². The molecule has 0 saturated carbocycles. The van der Waals surface area contributed by atoms with Crippen LogP contribution in [-0.4, -0.2) is 19.9 Å². The van der Waals surface area contributed by atoms with Crippen LogP contribution in [-0.2, 0) is 6.18 Å². The standard InChI is InChI=1S/C12H6ClF4N5/c13-6-3-5(1-2-7(6)14)20-9-8-10(19-4-18-9)22-11(21-8)12(15,16)17/h1-4H,(H2,18,19,20,21,22). The molecule has 0 amide bonds. The monoisotopic (exact) mass is 331 g/mol. The molecule has 10 heteroatoms. The number of benzene rings is 1. The van der Waals surface area contributed by atoms with Gasteiger partial charge in [-0.2, -0.15) is 13.2 Å². The van der Waals surface area contributed by atoms with Crippen molar-refractivity contribution in [3.8, 4) is 0 Å². The predicted molar refractivity (Wildman–Crippen MR) is 71.4 cm³/mol. The summed E-state index contributed by atoms with van der Waals surface area (Å²) in [4.78, 5) is 13.0. The van der Waals surface area contributed by atoms with Crippen LogP contribution in [0.15, 0.2) is 24.5 Å². The van der Waals surface area contributed by atoms with Crippen molar-refractivity contribution in [3.63, 3.8) is 0 Å². The van der Waals surface area contributed by atoms with Gasteiger partial charge < -0.3 is 10.3 Å². The third-order valence-electron chi connectivity index (χ3n) is 2.74. The van der Waals surface area contributed by atoms with E-state index in [1.165, 1.54) is 12.1 Å². The smallest absolute Gasteiger partial charge is 0.338 e. The highest BCUT2D eigenvalue weighted by molar-refractivity contribution is 6.31. The SMILES string of the molecule is Fc1ccc(Nc2ncnc3nc(C(F)(F)F)[nH]c23)cc1Cl. The van der Waals surface area contributed by atoms with Crippen molar-refractivity contribution in [2.45, 2.75) is 6.18 Å². The topological polar surface area (TPSA) is 66.5 Å². The van der Waals surface area contributed by atoms with E-state index in [0.717, 1.165) is 12.4 Å². The number of aromatic nitrogens is 4. The number of nitrogens with zero attached hydrogens (tertiary/aromatic N) is 3. The van der Waals surface area contributed by atoms with Gasteiger partial charge in [0.25, 0.3) is 0 Å². The Labute approximate surface area is 125 Å². The molecule has 0 radical (unpaired) electrons. The Bertz CT molecular complexity index is 845. The summed E-state index contributed by atoms with van der Waals surface area (Å²) in [6.45, 7) is 0. The summed E-state index contributed by atoms with van der Waals surface area (Å²) in [5, 5.41) is 2.61. The molecule has 22 heavy (non-hydrogen) atoms. The molecule has 0 aliphatic rings. The predicted octanol–water partition coefficient (Wildman–Crippen LogP) is 3.91. The van der Waals surface area contributed by atoms with Gasteiger partial charge in [0.1, 0.15) is 17.7 Å². The first-order chi connectivity index (χ1) is 10.3. The highest BCUT2D eigenvalue weighted by Gasteiger charge is 2.35. The molecule has 0 atom stereocenters. The van der Waals surface area contributed by atoms with Gasteiger partial charge in [-0.25, -0.2) is 19.3 Å². The number of hydrogen-bond acceptors (Lipinski definition) is 4. The summed E-state index contributed by atoms with van der Waals surface area (Å²) >= 11 is 5.65. The van der Waals surface area contributed by atoms with Crippen LogP contribution in [0.3, 0.4) is 0 Å². The van der Waals surface area contributed by atoms with Crippen LogP contribution >= 0.6 is 11.6 Å². The zero-order valence-corrected chi connectivity index (χ0v) is 11.3. The van der Waals surface area contributed by atoms with Crippen molar-refractivity contribution >= 4 is 34.3 Å². The normalized spacial score (nSPS) is 11.9. The first-order valence-electron chi connectivity index (χ1n) is 5.84. The highest BCUT2D eigenvalue weighted by Crippen LogP contribution is 2.30.